The Kier molecular flexibility index (Phi) is 4.80. The number of hydrogen-bond acceptors (Lipinski definition) is 2. The summed E-state index contributed by atoms with van der Waals surface area (Å²) in [6.07, 6.45) is 4.82. The number of carbonyl (C=O) groups is 1. The van der Waals surface area contributed by atoms with E-state index in [0.29, 0.717) is 6.04 Å². The van der Waals surface area contributed by atoms with Gasteiger partial charge in [0.25, 0.3) is 0 Å². The third-order valence-electron chi connectivity index (χ3n) is 3.68. The summed E-state index contributed by atoms with van der Waals surface area (Å²) >= 11 is 0. The summed E-state index contributed by atoms with van der Waals surface area (Å²) in [6, 6.07) is 8.11. The summed E-state index contributed by atoms with van der Waals surface area (Å²) in [5, 5.41) is 2.63. The quantitative estimate of drug-likeness (QED) is 0.856. The fourth-order valence-corrected chi connectivity index (χ4v) is 2.90. The first kappa shape index (κ1) is 13.9. The Morgan fingerprint density at radius 3 is 3.11 bits per heavy atom. The van der Waals surface area contributed by atoms with Gasteiger partial charge in [-0.15, -0.1) is 0 Å². The Morgan fingerprint density at radius 2 is 2.37 bits per heavy atom. The minimum Gasteiger partial charge on any atom is -0.351 e. The van der Waals surface area contributed by atoms with Crippen LogP contribution >= 0.6 is 0 Å². The standard InChI is InChI=1S/C15H23N3O/c1-2-8-18-9-4-7-14(18)11-12-5-3-6-13(10-12)17-15(16)19/h3,5-6,10,14H,2,4,7-9,11H2,1H3,(H3,16,17,19). The summed E-state index contributed by atoms with van der Waals surface area (Å²) in [5.74, 6) is 0. The highest BCUT2D eigenvalue weighted by atomic mass is 16.2. The molecule has 4 nitrogen and oxygen atoms in total. The van der Waals surface area contributed by atoms with E-state index in [1.807, 2.05) is 18.2 Å². The van der Waals surface area contributed by atoms with Crippen LogP contribution in [0.5, 0.6) is 0 Å². The second-order valence-electron chi connectivity index (χ2n) is 5.23. The van der Waals surface area contributed by atoms with Crippen LogP contribution < -0.4 is 11.1 Å². The van der Waals surface area contributed by atoms with Crippen LogP contribution in [-0.2, 0) is 6.42 Å². The summed E-state index contributed by atoms with van der Waals surface area (Å²) in [5.41, 5.74) is 7.19. The molecule has 1 aromatic rings. The van der Waals surface area contributed by atoms with Crippen molar-refractivity contribution in [3.63, 3.8) is 0 Å². The Bertz CT molecular complexity index is 433. The topological polar surface area (TPSA) is 58.4 Å². The zero-order valence-corrected chi connectivity index (χ0v) is 11.6. The fraction of sp³-hybridized carbons (Fsp3) is 0.533. The smallest absolute Gasteiger partial charge is 0.316 e. The number of rotatable bonds is 5. The van der Waals surface area contributed by atoms with Crippen LogP contribution in [0.25, 0.3) is 0 Å². The third-order valence-corrected chi connectivity index (χ3v) is 3.68. The lowest BCUT2D eigenvalue weighted by Crippen LogP contribution is -2.31. The molecule has 0 aromatic heterocycles. The van der Waals surface area contributed by atoms with Gasteiger partial charge in [0.1, 0.15) is 0 Å². The van der Waals surface area contributed by atoms with Gasteiger partial charge in [-0.3, -0.25) is 0 Å². The van der Waals surface area contributed by atoms with Crippen molar-refractivity contribution >= 4 is 11.7 Å². The molecule has 1 aromatic carbocycles. The van der Waals surface area contributed by atoms with Crippen molar-refractivity contribution in [3.05, 3.63) is 29.8 Å². The molecule has 19 heavy (non-hydrogen) atoms. The monoisotopic (exact) mass is 261 g/mol. The van der Waals surface area contributed by atoms with Crippen molar-refractivity contribution < 1.29 is 4.79 Å². The predicted octanol–water partition coefficient (Wildman–Crippen LogP) is 2.59. The molecule has 2 rings (SSSR count). The minimum absolute atomic E-state index is 0.509. The van der Waals surface area contributed by atoms with E-state index in [1.54, 1.807) is 0 Å². The predicted molar refractivity (Wildman–Crippen MR) is 78.2 cm³/mol. The first-order valence-electron chi connectivity index (χ1n) is 7.08. The van der Waals surface area contributed by atoms with E-state index < -0.39 is 6.03 Å². The van der Waals surface area contributed by atoms with Crippen molar-refractivity contribution in [1.82, 2.24) is 4.90 Å². The molecule has 1 saturated heterocycles. The second-order valence-corrected chi connectivity index (χ2v) is 5.23. The van der Waals surface area contributed by atoms with Crippen molar-refractivity contribution in [2.75, 3.05) is 18.4 Å². The number of nitrogens with zero attached hydrogens (tertiary/aromatic N) is 1. The number of carbonyl (C=O) groups excluding carboxylic acids is 1. The molecule has 1 aliphatic rings. The van der Waals surface area contributed by atoms with Gasteiger partial charge in [0.2, 0.25) is 0 Å². The molecule has 0 aliphatic carbocycles. The number of nitrogens with one attached hydrogen (secondary N) is 1. The van der Waals surface area contributed by atoms with E-state index in [-0.39, 0.29) is 0 Å². The molecule has 0 saturated carbocycles. The summed E-state index contributed by atoms with van der Waals surface area (Å²) in [4.78, 5) is 13.4. The van der Waals surface area contributed by atoms with Crippen LogP contribution in [0.4, 0.5) is 10.5 Å². The Labute approximate surface area is 115 Å². The highest BCUT2D eigenvalue weighted by Gasteiger charge is 2.23. The molecule has 0 bridgehead atoms. The molecule has 1 aliphatic heterocycles. The van der Waals surface area contributed by atoms with Gasteiger partial charge in [0.15, 0.2) is 0 Å². The fourth-order valence-electron chi connectivity index (χ4n) is 2.90. The molecule has 1 heterocycles. The molecule has 3 N–H and O–H groups in total. The number of nitrogens with two attached hydrogens (primary N) is 1. The Morgan fingerprint density at radius 1 is 1.53 bits per heavy atom. The molecule has 1 atom stereocenters. The van der Waals surface area contributed by atoms with Gasteiger partial charge in [-0.05, 0) is 56.5 Å². The maximum atomic E-state index is 10.9. The van der Waals surface area contributed by atoms with E-state index in [9.17, 15) is 4.79 Å². The number of anilines is 1. The van der Waals surface area contributed by atoms with Crippen LogP contribution in [0.1, 0.15) is 31.7 Å². The molecule has 4 heteroatoms. The van der Waals surface area contributed by atoms with Crippen molar-refractivity contribution in [2.45, 2.75) is 38.6 Å². The van der Waals surface area contributed by atoms with Crippen molar-refractivity contribution in [3.8, 4) is 0 Å². The lowest BCUT2D eigenvalue weighted by Gasteiger charge is -2.24. The molecule has 1 unspecified atom stereocenters. The Hall–Kier alpha value is -1.55. The highest BCUT2D eigenvalue weighted by Crippen LogP contribution is 2.22. The van der Waals surface area contributed by atoms with E-state index >= 15 is 0 Å². The summed E-state index contributed by atoms with van der Waals surface area (Å²) in [7, 11) is 0. The molecular formula is C15H23N3O. The maximum absolute atomic E-state index is 10.9. The van der Waals surface area contributed by atoms with Crippen molar-refractivity contribution in [2.24, 2.45) is 5.73 Å². The van der Waals surface area contributed by atoms with Crippen LogP contribution in [0.2, 0.25) is 0 Å². The van der Waals surface area contributed by atoms with Gasteiger partial charge in [-0.2, -0.15) is 0 Å². The van der Waals surface area contributed by atoms with Crippen LogP contribution in [0, 0.1) is 0 Å². The van der Waals surface area contributed by atoms with Gasteiger partial charge < -0.3 is 16.0 Å². The Balaban J connectivity index is 2.00. The third kappa shape index (κ3) is 3.96. The lowest BCUT2D eigenvalue weighted by atomic mass is 10.0. The van der Waals surface area contributed by atoms with E-state index in [2.05, 4.69) is 23.2 Å². The number of benzene rings is 1. The van der Waals surface area contributed by atoms with Crippen LogP contribution in [0.15, 0.2) is 24.3 Å². The highest BCUT2D eigenvalue weighted by molar-refractivity contribution is 5.87. The molecule has 104 valence electrons. The number of amides is 2. The molecule has 0 spiro atoms. The minimum atomic E-state index is -0.509. The van der Waals surface area contributed by atoms with Gasteiger partial charge in [-0.25, -0.2) is 4.79 Å². The molecule has 1 fully saturated rings. The first-order valence-corrected chi connectivity index (χ1v) is 7.08. The number of urea groups is 1. The number of hydrogen-bond donors (Lipinski definition) is 2. The molecular weight excluding hydrogens is 238 g/mol. The molecule has 0 radical (unpaired) electrons. The van der Waals surface area contributed by atoms with Gasteiger partial charge >= 0.3 is 6.03 Å². The van der Waals surface area contributed by atoms with Gasteiger partial charge in [-0.1, -0.05) is 19.1 Å². The SMILES string of the molecule is CCCN1CCCC1Cc1cccc(NC(N)=O)c1. The molecule has 2 amide bonds. The van der Waals surface area contributed by atoms with Crippen LogP contribution in [-0.4, -0.2) is 30.1 Å². The van der Waals surface area contributed by atoms with E-state index in [1.165, 1.54) is 37.9 Å². The largest absolute Gasteiger partial charge is 0.351 e. The first-order chi connectivity index (χ1) is 9.19. The van der Waals surface area contributed by atoms with E-state index in [0.717, 1.165) is 12.1 Å². The summed E-state index contributed by atoms with van der Waals surface area (Å²) in [6.45, 7) is 4.63. The van der Waals surface area contributed by atoms with Gasteiger partial charge in [0.05, 0.1) is 0 Å². The number of primary amides is 1. The van der Waals surface area contributed by atoms with Crippen LogP contribution in [0.3, 0.4) is 0 Å². The van der Waals surface area contributed by atoms with Crippen molar-refractivity contribution in [1.29, 1.82) is 0 Å². The average molecular weight is 261 g/mol. The van der Waals surface area contributed by atoms with Gasteiger partial charge in [0, 0.05) is 11.7 Å². The maximum Gasteiger partial charge on any atom is 0.316 e. The second kappa shape index (κ2) is 6.57. The summed E-state index contributed by atoms with van der Waals surface area (Å²) < 4.78 is 0. The average Bonchev–Trinajstić information content (AvgIpc) is 2.77. The lowest BCUT2D eigenvalue weighted by molar-refractivity contribution is 0.253. The number of likely N-dealkylation sites (tertiary alicyclic amines) is 1. The normalized spacial score (nSPS) is 19.5. The zero-order chi connectivity index (χ0) is 13.7. The van der Waals surface area contributed by atoms with E-state index in [4.69, 9.17) is 5.73 Å². The zero-order valence-electron chi connectivity index (χ0n) is 11.6.